The number of carbonyl (C=O) groups excluding carboxylic acids is 2. The normalized spacial score (nSPS) is 24.8. The predicted octanol–water partition coefficient (Wildman–Crippen LogP) is 0.941. The van der Waals surface area contributed by atoms with Gasteiger partial charge in [0.25, 0.3) is 0 Å². The molecule has 1 aliphatic heterocycles. The Kier molecular flexibility index (Phi) is 6.30. The average molecular weight is 281 g/mol. The largest absolute Gasteiger partial charge is 0.355 e. The van der Waals surface area contributed by atoms with Gasteiger partial charge in [0.2, 0.25) is 11.8 Å². The van der Waals surface area contributed by atoms with Crippen LogP contribution in [0.5, 0.6) is 0 Å². The Bertz CT molecular complexity index is 315. The summed E-state index contributed by atoms with van der Waals surface area (Å²) >= 11 is 0. The van der Waals surface area contributed by atoms with E-state index in [9.17, 15) is 9.59 Å². The molecule has 2 rings (SSSR count). The Morgan fingerprint density at radius 2 is 1.85 bits per heavy atom. The van der Waals surface area contributed by atoms with Crippen molar-refractivity contribution in [2.75, 3.05) is 19.6 Å². The van der Waals surface area contributed by atoms with Crippen LogP contribution in [0.4, 0.5) is 0 Å². The van der Waals surface area contributed by atoms with Gasteiger partial charge in [-0.1, -0.05) is 25.7 Å². The van der Waals surface area contributed by atoms with E-state index in [4.69, 9.17) is 0 Å². The standard InChI is InChI=1S/C15H27N3O2/c19-14-8-7-12(11-18-14)15(20)17-10-9-16-13-5-3-1-2-4-6-13/h12-13,16H,1-11H2,(H,17,20)(H,18,19). The summed E-state index contributed by atoms with van der Waals surface area (Å²) in [6.45, 7) is 2.01. The highest BCUT2D eigenvalue weighted by molar-refractivity contribution is 5.83. The molecule has 2 aliphatic rings. The highest BCUT2D eigenvalue weighted by atomic mass is 16.2. The van der Waals surface area contributed by atoms with Crippen LogP contribution in [0, 0.1) is 5.92 Å². The first-order valence-electron chi connectivity index (χ1n) is 8.03. The average Bonchev–Trinajstić information content (AvgIpc) is 2.73. The summed E-state index contributed by atoms with van der Waals surface area (Å²) in [6.07, 6.45) is 9.06. The van der Waals surface area contributed by atoms with Gasteiger partial charge >= 0.3 is 0 Å². The molecule has 5 heteroatoms. The van der Waals surface area contributed by atoms with E-state index in [2.05, 4.69) is 16.0 Å². The summed E-state index contributed by atoms with van der Waals surface area (Å²) in [4.78, 5) is 23.0. The van der Waals surface area contributed by atoms with Crippen LogP contribution in [0.25, 0.3) is 0 Å². The molecule has 2 amide bonds. The van der Waals surface area contributed by atoms with E-state index < -0.39 is 0 Å². The van der Waals surface area contributed by atoms with Gasteiger partial charge < -0.3 is 16.0 Å². The van der Waals surface area contributed by atoms with Gasteiger partial charge in [-0.05, 0) is 19.3 Å². The molecule has 5 nitrogen and oxygen atoms in total. The van der Waals surface area contributed by atoms with Crippen LogP contribution in [-0.2, 0) is 9.59 Å². The second-order valence-corrected chi connectivity index (χ2v) is 5.97. The Morgan fingerprint density at radius 1 is 1.10 bits per heavy atom. The maximum absolute atomic E-state index is 11.9. The van der Waals surface area contributed by atoms with Crippen molar-refractivity contribution in [2.45, 2.75) is 57.4 Å². The lowest BCUT2D eigenvalue weighted by molar-refractivity contribution is -0.128. The van der Waals surface area contributed by atoms with Gasteiger partial charge in [-0.15, -0.1) is 0 Å². The lowest BCUT2D eigenvalue weighted by atomic mass is 9.98. The first kappa shape index (κ1) is 15.3. The van der Waals surface area contributed by atoms with Crippen LogP contribution >= 0.6 is 0 Å². The summed E-state index contributed by atoms with van der Waals surface area (Å²) in [6, 6.07) is 0.628. The van der Waals surface area contributed by atoms with Gasteiger partial charge in [0.15, 0.2) is 0 Å². The molecule has 2 fully saturated rings. The Balaban J connectivity index is 1.56. The van der Waals surface area contributed by atoms with Crippen molar-refractivity contribution in [1.82, 2.24) is 16.0 Å². The van der Waals surface area contributed by atoms with E-state index in [1.54, 1.807) is 0 Å². The predicted molar refractivity (Wildman–Crippen MR) is 78.2 cm³/mol. The van der Waals surface area contributed by atoms with Gasteiger partial charge in [0.05, 0.1) is 5.92 Å². The van der Waals surface area contributed by atoms with E-state index in [0.717, 1.165) is 6.54 Å². The molecule has 0 bridgehead atoms. The first-order valence-corrected chi connectivity index (χ1v) is 8.03. The fourth-order valence-electron chi connectivity index (χ4n) is 3.05. The second kappa shape index (κ2) is 8.25. The topological polar surface area (TPSA) is 70.2 Å². The third-order valence-electron chi connectivity index (χ3n) is 4.35. The van der Waals surface area contributed by atoms with E-state index in [1.165, 1.54) is 38.5 Å². The van der Waals surface area contributed by atoms with Crippen molar-refractivity contribution in [3.63, 3.8) is 0 Å². The summed E-state index contributed by atoms with van der Waals surface area (Å²) in [7, 11) is 0. The molecule has 1 saturated heterocycles. The molecule has 20 heavy (non-hydrogen) atoms. The Hall–Kier alpha value is -1.10. The fourth-order valence-corrected chi connectivity index (χ4v) is 3.05. The van der Waals surface area contributed by atoms with Gasteiger partial charge in [-0.25, -0.2) is 0 Å². The molecule has 0 aromatic heterocycles. The number of hydrogen-bond acceptors (Lipinski definition) is 3. The number of nitrogens with one attached hydrogen (secondary N) is 3. The minimum absolute atomic E-state index is 0.0504. The fraction of sp³-hybridized carbons (Fsp3) is 0.867. The smallest absolute Gasteiger partial charge is 0.224 e. The van der Waals surface area contributed by atoms with E-state index in [0.29, 0.717) is 32.0 Å². The molecule has 114 valence electrons. The molecule has 1 aliphatic carbocycles. The van der Waals surface area contributed by atoms with E-state index in [1.807, 2.05) is 0 Å². The number of carbonyl (C=O) groups is 2. The zero-order chi connectivity index (χ0) is 14.2. The molecule has 1 saturated carbocycles. The zero-order valence-electron chi connectivity index (χ0n) is 12.2. The maximum atomic E-state index is 11.9. The minimum atomic E-state index is -0.0504. The van der Waals surface area contributed by atoms with Gasteiger partial charge in [0.1, 0.15) is 0 Å². The second-order valence-electron chi connectivity index (χ2n) is 5.97. The molecular weight excluding hydrogens is 254 g/mol. The third-order valence-corrected chi connectivity index (χ3v) is 4.35. The van der Waals surface area contributed by atoms with Gasteiger partial charge in [-0.3, -0.25) is 9.59 Å². The number of amides is 2. The van der Waals surface area contributed by atoms with Crippen LogP contribution in [0.1, 0.15) is 51.4 Å². The van der Waals surface area contributed by atoms with E-state index in [-0.39, 0.29) is 17.7 Å². The zero-order valence-corrected chi connectivity index (χ0v) is 12.2. The summed E-state index contributed by atoms with van der Waals surface area (Å²) < 4.78 is 0. The van der Waals surface area contributed by atoms with Crippen LogP contribution in [0.15, 0.2) is 0 Å². The molecule has 1 unspecified atom stereocenters. The third kappa shape index (κ3) is 5.12. The van der Waals surface area contributed by atoms with Crippen LogP contribution in [-0.4, -0.2) is 37.5 Å². The van der Waals surface area contributed by atoms with Crippen molar-refractivity contribution >= 4 is 11.8 Å². The van der Waals surface area contributed by atoms with Crippen molar-refractivity contribution in [3.8, 4) is 0 Å². The van der Waals surface area contributed by atoms with Crippen molar-refractivity contribution in [3.05, 3.63) is 0 Å². The SMILES string of the molecule is O=C1CCC(C(=O)NCCNC2CCCCCC2)CN1. The molecule has 0 spiro atoms. The van der Waals surface area contributed by atoms with Crippen LogP contribution < -0.4 is 16.0 Å². The van der Waals surface area contributed by atoms with Crippen molar-refractivity contribution in [1.29, 1.82) is 0 Å². The summed E-state index contributed by atoms with van der Waals surface area (Å²) in [5.74, 6) is 0.0855. The molecular formula is C15H27N3O2. The first-order chi connectivity index (χ1) is 9.75. The van der Waals surface area contributed by atoms with Crippen molar-refractivity contribution in [2.24, 2.45) is 5.92 Å². The highest BCUT2D eigenvalue weighted by Gasteiger charge is 2.23. The molecule has 1 atom stereocenters. The quantitative estimate of drug-likeness (QED) is 0.519. The number of piperidine rings is 1. The van der Waals surface area contributed by atoms with Crippen molar-refractivity contribution < 1.29 is 9.59 Å². The Labute approximate surface area is 121 Å². The van der Waals surface area contributed by atoms with E-state index >= 15 is 0 Å². The molecule has 3 N–H and O–H groups in total. The lowest BCUT2D eigenvalue weighted by Crippen LogP contribution is -2.45. The van der Waals surface area contributed by atoms with Gasteiger partial charge in [-0.2, -0.15) is 0 Å². The maximum Gasteiger partial charge on any atom is 0.224 e. The van der Waals surface area contributed by atoms with Crippen LogP contribution in [0.2, 0.25) is 0 Å². The minimum Gasteiger partial charge on any atom is -0.355 e. The summed E-state index contributed by atoms with van der Waals surface area (Å²) in [5, 5.41) is 9.26. The summed E-state index contributed by atoms with van der Waals surface area (Å²) in [5.41, 5.74) is 0. The molecule has 0 aromatic carbocycles. The molecule has 0 aromatic rings. The van der Waals surface area contributed by atoms with Crippen LogP contribution in [0.3, 0.4) is 0 Å². The number of rotatable bonds is 5. The highest BCUT2D eigenvalue weighted by Crippen LogP contribution is 2.16. The Morgan fingerprint density at radius 3 is 2.50 bits per heavy atom. The molecule has 0 radical (unpaired) electrons. The molecule has 1 heterocycles. The monoisotopic (exact) mass is 281 g/mol. The lowest BCUT2D eigenvalue weighted by Gasteiger charge is -2.22. The number of hydrogen-bond donors (Lipinski definition) is 3. The van der Waals surface area contributed by atoms with Gasteiger partial charge in [0, 0.05) is 32.1 Å².